The lowest BCUT2D eigenvalue weighted by atomic mass is 10.1. The summed E-state index contributed by atoms with van der Waals surface area (Å²) in [6.07, 6.45) is 4.34. The van der Waals surface area contributed by atoms with Crippen LogP contribution in [0.3, 0.4) is 0 Å². The summed E-state index contributed by atoms with van der Waals surface area (Å²) in [6, 6.07) is 3.75. The van der Waals surface area contributed by atoms with E-state index >= 15 is 0 Å². The molecule has 20 heavy (non-hydrogen) atoms. The Balaban J connectivity index is 1.96. The molecule has 0 unspecified atom stereocenters. The van der Waals surface area contributed by atoms with Crippen molar-refractivity contribution in [3.63, 3.8) is 0 Å². The quantitative estimate of drug-likeness (QED) is 0.768. The molecule has 2 aromatic rings. The third-order valence-electron chi connectivity index (χ3n) is 2.78. The van der Waals surface area contributed by atoms with Crippen molar-refractivity contribution in [1.29, 1.82) is 0 Å². The highest BCUT2D eigenvalue weighted by molar-refractivity contribution is 7.19. The number of carbonyl (C=O) groups is 1. The first kappa shape index (κ1) is 15.1. The third kappa shape index (κ3) is 3.85. The molecule has 2 N–H and O–H groups in total. The van der Waals surface area contributed by atoms with E-state index < -0.39 is 0 Å². The molecule has 4 nitrogen and oxygen atoms in total. The van der Waals surface area contributed by atoms with Crippen molar-refractivity contribution in [2.24, 2.45) is 0 Å². The molecular weight excluding hydrogens is 296 g/mol. The van der Waals surface area contributed by atoms with Crippen LogP contribution in [-0.4, -0.2) is 30.6 Å². The second-order valence-electron chi connectivity index (χ2n) is 4.19. The molecule has 0 saturated carbocycles. The van der Waals surface area contributed by atoms with Gasteiger partial charge in [-0.25, -0.2) is 0 Å². The molecule has 0 atom stereocenters. The second-order valence-corrected chi connectivity index (χ2v) is 5.91. The van der Waals surface area contributed by atoms with Crippen LogP contribution in [-0.2, 0) is 4.74 Å². The van der Waals surface area contributed by atoms with Gasteiger partial charge in [0.2, 0.25) is 0 Å². The fourth-order valence-corrected chi connectivity index (χ4v) is 2.90. The predicted octanol–water partition coefficient (Wildman–Crippen LogP) is 3.55. The fraction of sp³-hybridized carbons (Fsp3) is 0.357. The Morgan fingerprint density at radius 3 is 3.00 bits per heavy atom. The van der Waals surface area contributed by atoms with Crippen LogP contribution in [0.1, 0.15) is 23.7 Å². The summed E-state index contributed by atoms with van der Waals surface area (Å²) in [5, 5.41) is 2.89. The normalized spacial score (nSPS) is 10.7. The van der Waals surface area contributed by atoms with Gasteiger partial charge in [0.05, 0.1) is 9.90 Å². The monoisotopic (exact) mass is 312 g/mol. The van der Waals surface area contributed by atoms with Gasteiger partial charge in [-0.1, -0.05) is 11.6 Å². The van der Waals surface area contributed by atoms with Gasteiger partial charge in [-0.15, -0.1) is 11.3 Å². The van der Waals surface area contributed by atoms with Gasteiger partial charge in [-0.3, -0.25) is 4.79 Å². The van der Waals surface area contributed by atoms with Gasteiger partial charge in [-0.2, -0.15) is 0 Å². The van der Waals surface area contributed by atoms with Crippen LogP contribution >= 0.6 is 22.9 Å². The molecular formula is C14H17ClN2O2S. The number of rotatable bonds is 7. The fourth-order valence-electron chi connectivity index (χ4n) is 1.83. The maximum Gasteiger partial charge on any atom is 0.253 e. The van der Waals surface area contributed by atoms with Crippen LogP contribution in [0.15, 0.2) is 24.5 Å². The largest absolute Gasteiger partial charge is 0.382 e. The van der Waals surface area contributed by atoms with Crippen molar-refractivity contribution in [3.8, 4) is 10.4 Å². The summed E-state index contributed by atoms with van der Waals surface area (Å²) >= 11 is 7.39. The van der Waals surface area contributed by atoms with Crippen molar-refractivity contribution >= 4 is 28.8 Å². The van der Waals surface area contributed by atoms with Gasteiger partial charge in [0.1, 0.15) is 0 Å². The molecule has 0 aliphatic carbocycles. The third-order valence-corrected chi connectivity index (χ3v) is 4.05. The predicted molar refractivity (Wildman–Crippen MR) is 82.6 cm³/mol. The summed E-state index contributed by atoms with van der Waals surface area (Å²) in [7, 11) is 0. The Hall–Kier alpha value is -1.30. The zero-order valence-corrected chi connectivity index (χ0v) is 12.8. The van der Waals surface area contributed by atoms with E-state index in [2.05, 4.69) is 10.3 Å². The molecule has 0 saturated heterocycles. The molecule has 2 heterocycles. The van der Waals surface area contributed by atoms with Gasteiger partial charge >= 0.3 is 0 Å². The highest BCUT2D eigenvalue weighted by Crippen LogP contribution is 2.32. The van der Waals surface area contributed by atoms with E-state index in [-0.39, 0.29) is 5.91 Å². The molecule has 0 fully saturated rings. The van der Waals surface area contributed by atoms with E-state index in [4.69, 9.17) is 16.3 Å². The van der Waals surface area contributed by atoms with Gasteiger partial charge in [0.15, 0.2) is 0 Å². The number of aromatic amines is 1. The minimum Gasteiger partial charge on any atom is -0.382 e. The average Bonchev–Trinajstić information content (AvgIpc) is 3.06. The molecule has 0 radical (unpaired) electrons. The van der Waals surface area contributed by atoms with E-state index in [0.29, 0.717) is 29.7 Å². The highest BCUT2D eigenvalue weighted by atomic mass is 35.5. The van der Waals surface area contributed by atoms with E-state index in [9.17, 15) is 4.79 Å². The van der Waals surface area contributed by atoms with Crippen molar-refractivity contribution in [3.05, 3.63) is 34.4 Å². The topological polar surface area (TPSA) is 54.1 Å². The van der Waals surface area contributed by atoms with Crippen LogP contribution in [0.2, 0.25) is 4.34 Å². The lowest BCUT2D eigenvalue weighted by molar-refractivity contribution is 0.0945. The summed E-state index contributed by atoms with van der Waals surface area (Å²) in [4.78, 5) is 16.1. The van der Waals surface area contributed by atoms with Crippen LogP contribution in [0, 0.1) is 0 Å². The number of hydrogen-bond acceptors (Lipinski definition) is 3. The average molecular weight is 313 g/mol. The first-order valence-electron chi connectivity index (χ1n) is 6.50. The summed E-state index contributed by atoms with van der Waals surface area (Å²) in [5.41, 5.74) is 1.52. The molecule has 0 aliphatic rings. The lowest BCUT2D eigenvalue weighted by Crippen LogP contribution is -2.25. The molecule has 6 heteroatoms. The minimum atomic E-state index is -0.0812. The molecule has 2 rings (SSSR count). The zero-order valence-electron chi connectivity index (χ0n) is 11.2. The first-order chi connectivity index (χ1) is 9.72. The Labute approximate surface area is 127 Å². The van der Waals surface area contributed by atoms with Crippen LogP contribution in [0.4, 0.5) is 0 Å². The van der Waals surface area contributed by atoms with Crippen LogP contribution in [0.25, 0.3) is 10.4 Å². The summed E-state index contributed by atoms with van der Waals surface area (Å²) in [6.45, 7) is 3.93. The molecule has 1 amide bonds. The van der Waals surface area contributed by atoms with Crippen molar-refractivity contribution in [2.75, 3.05) is 19.8 Å². The Morgan fingerprint density at radius 2 is 2.30 bits per heavy atom. The maximum atomic E-state index is 12.1. The number of thiophene rings is 1. The lowest BCUT2D eigenvalue weighted by Gasteiger charge is -2.05. The molecule has 108 valence electrons. The number of aromatic nitrogens is 1. The Kier molecular flexibility index (Phi) is 5.64. The molecule has 0 spiro atoms. The number of nitrogens with one attached hydrogen (secondary N) is 2. The number of carbonyl (C=O) groups excluding carboxylic acids is 1. The Bertz CT molecular complexity index is 565. The smallest absolute Gasteiger partial charge is 0.253 e. The SMILES string of the molecule is CCOCCCNC(=O)c1c[nH]cc1-c1ccc(Cl)s1. The molecule has 0 bridgehead atoms. The number of ether oxygens (including phenoxy) is 1. The zero-order chi connectivity index (χ0) is 14.4. The van der Waals surface area contributed by atoms with Crippen molar-refractivity contribution in [2.45, 2.75) is 13.3 Å². The van der Waals surface area contributed by atoms with Crippen LogP contribution in [0.5, 0.6) is 0 Å². The molecule has 0 aromatic carbocycles. The molecule has 0 aliphatic heterocycles. The number of H-pyrrole nitrogens is 1. The van der Waals surface area contributed by atoms with Crippen molar-refractivity contribution in [1.82, 2.24) is 10.3 Å². The minimum absolute atomic E-state index is 0.0812. The summed E-state index contributed by atoms with van der Waals surface area (Å²) < 4.78 is 5.94. The first-order valence-corrected chi connectivity index (χ1v) is 7.70. The number of amides is 1. The maximum absolute atomic E-state index is 12.1. The molecule has 2 aromatic heterocycles. The Morgan fingerprint density at radius 1 is 1.45 bits per heavy atom. The van der Waals surface area contributed by atoms with E-state index in [1.165, 1.54) is 11.3 Å². The standard InChI is InChI=1S/C14H17ClN2O2S/c1-2-19-7-3-6-17-14(18)11-9-16-8-10(11)12-4-5-13(15)20-12/h4-5,8-9,16H,2-3,6-7H2,1H3,(H,17,18). The van der Waals surface area contributed by atoms with Crippen molar-refractivity contribution < 1.29 is 9.53 Å². The van der Waals surface area contributed by atoms with Gasteiger partial charge in [0, 0.05) is 42.6 Å². The second kappa shape index (κ2) is 7.47. The van der Waals surface area contributed by atoms with Gasteiger partial charge < -0.3 is 15.0 Å². The van der Waals surface area contributed by atoms with Gasteiger partial charge in [-0.05, 0) is 25.5 Å². The van der Waals surface area contributed by atoms with Crippen LogP contribution < -0.4 is 5.32 Å². The number of hydrogen-bond donors (Lipinski definition) is 2. The van der Waals surface area contributed by atoms with E-state index in [0.717, 1.165) is 16.9 Å². The van der Waals surface area contributed by atoms with Gasteiger partial charge in [0.25, 0.3) is 5.91 Å². The number of halogens is 1. The summed E-state index contributed by atoms with van der Waals surface area (Å²) in [5.74, 6) is -0.0812. The van der Waals surface area contributed by atoms with E-state index in [1.807, 2.05) is 25.3 Å². The van der Waals surface area contributed by atoms with E-state index in [1.54, 1.807) is 6.20 Å². The highest BCUT2D eigenvalue weighted by Gasteiger charge is 2.14.